The standard InChI is InChI=1S/C17H19NO3/c1-10-6-11(2)16(12(3)7-10)21-15-8-14(17(19)20-5)13(4)9-18-15/h6-9H,1-5H3. The van der Waals surface area contributed by atoms with Crippen molar-refractivity contribution in [3.8, 4) is 11.6 Å². The first kappa shape index (κ1) is 15.0. The van der Waals surface area contributed by atoms with Crippen LogP contribution in [0, 0.1) is 27.7 Å². The van der Waals surface area contributed by atoms with Crippen molar-refractivity contribution in [2.45, 2.75) is 27.7 Å². The Morgan fingerprint density at radius 1 is 1.00 bits per heavy atom. The van der Waals surface area contributed by atoms with E-state index in [0.29, 0.717) is 11.4 Å². The van der Waals surface area contributed by atoms with Crippen molar-refractivity contribution in [2.75, 3.05) is 7.11 Å². The van der Waals surface area contributed by atoms with Gasteiger partial charge in [0.2, 0.25) is 5.88 Å². The molecule has 0 saturated carbocycles. The second-order valence-electron chi connectivity index (χ2n) is 5.16. The number of carbonyl (C=O) groups excluding carboxylic acids is 1. The SMILES string of the molecule is COC(=O)c1cc(Oc2c(C)cc(C)cc2C)ncc1C. The van der Waals surface area contributed by atoms with Crippen LogP contribution in [0.25, 0.3) is 0 Å². The molecule has 1 aromatic carbocycles. The predicted octanol–water partition coefficient (Wildman–Crippen LogP) is 3.89. The van der Waals surface area contributed by atoms with E-state index in [1.54, 1.807) is 12.3 Å². The highest BCUT2D eigenvalue weighted by Crippen LogP contribution is 2.29. The molecule has 0 fully saturated rings. The first-order valence-electron chi connectivity index (χ1n) is 6.73. The zero-order valence-electron chi connectivity index (χ0n) is 13.0. The number of hydrogen-bond acceptors (Lipinski definition) is 4. The van der Waals surface area contributed by atoms with Gasteiger partial charge in [-0.1, -0.05) is 17.7 Å². The molecule has 110 valence electrons. The molecular formula is C17H19NO3. The van der Waals surface area contributed by atoms with E-state index in [1.807, 2.05) is 27.7 Å². The largest absolute Gasteiger partial charge is 0.465 e. The third kappa shape index (κ3) is 3.21. The van der Waals surface area contributed by atoms with Crippen LogP contribution < -0.4 is 4.74 Å². The molecule has 1 aromatic heterocycles. The number of carbonyl (C=O) groups is 1. The van der Waals surface area contributed by atoms with Crippen LogP contribution >= 0.6 is 0 Å². The van der Waals surface area contributed by atoms with Gasteiger partial charge in [-0.3, -0.25) is 0 Å². The average molecular weight is 285 g/mol. The van der Waals surface area contributed by atoms with Gasteiger partial charge in [0.25, 0.3) is 0 Å². The normalized spacial score (nSPS) is 10.3. The number of benzene rings is 1. The molecule has 1 heterocycles. The number of hydrogen-bond donors (Lipinski definition) is 0. The van der Waals surface area contributed by atoms with Gasteiger partial charge < -0.3 is 9.47 Å². The topological polar surface area (TPSA) is 48.4 Å². The number of aryl methyl sites for hydroxylation is 4. The molecule has 0 N–H and O–H groups in total. The molecule has 0 radical (unpaired) electrons. The monoisotopic (exact) mass is 285 g/mol. The summed E-state index contributed by atoms with van der Waals surface area (Å²) < 4.78 is 10.6. The molecule has 0 aliphatic carbocycles. The fourth-order valence-corrected chi connectivity index (χ4v) is 2.32. The Hall–Kier alpha value is -2.36. The van der Waals surface area contributed by atoms with Crippen molar-refractivity contribution in [1.29, 1.82) is 0 Å². The molecule has 4 heteroatoms. The molecule has 0 aliphatic rings. The smallest absolute Gasteiger partial charge is 0.338 e. The highest BCUT2D eigenvalue weighted by molar-refractivity contribution is 5.91. The van der Waals surface area contributed by atoms with Crippen LogP contribution in [0.3, 0.4) is 0 Å². The van der Waals surface area contributed by atoms with E-state index in [2.05, 4.69) is 17.1 Å². The van der Waals surface area contributed by atoms with E-state index < -0.39 is 5.97 Å². The van der Waals surface area contributed by atoms with Crippen LogP contribution in [0.1, 0.15) is 32.6 Å². The van der Waals surface area contributed by atoms with Gasteiger partial charge in [-0.25, -0.2) is 9.78 Å². The summed E-state index contributed by atoms with van der Waals surface area (Å²) in [5, 5.41) is 0. The Morgan fingerprint density at radius 3 is 2.19 bits per heavy atom. The van der Waals surface area contributed by atoms with E-state index in [9.17, 15) is 4.79 Å². The van der Waals surface area contributed by atoms with E-state index in [1.165, 1.54) is 12.7 Å². The van der Waals surface area contributed by atoms with Crippen molar-refractivity contribution in [1.82, 2.24) is 4.98 Å². The summed E-state index contributed by atoms with van der Waals surface area (Å²) in [5.41, 5.74) is 4.48. The van der Waals surface area contributed by atoms with Crippen molar-refractivity contribution < 1.29 is 14.3 Å². The van der Waals surface area contributed by atoms with E-state index in [4.69, 9.17) is 9.47 Å². The van der Waals surface area contributed by atoms with E-state index >= 15 is 0 Å². The lowest BCUT2D eigenvalue weighted by Gasteiger charge is -2.13. The minimum Gasteiger partial charge on any atom is -0.465 e. The maximum absolute atomic E-state index is 11.7. The summed E-state index contributed by atoms with van der Waals surface area (Å²) in [6.45, 7) is 7.84. The third-order valence-corrected chi connectivity index (χ3v) is 3.29. The van der Waals surface area contributed by atoms with Crippen LogP contribution in [-0.2, 0) is 4.74 Å². The molecule has 0 bridgehead atoms. The second-order valence-corrected chi connectivity index (χ2v) is 5.16. The molecule has 0 saturated heterocycles. The number of esters is 1. The van der Waals surface area contributed by atoms with Gasteiger partial charge in [0, 0.05) is 12.3 Å². The maximum atomic E-state index is 11.7. The molecule has 0 aliphatic heterocycles. The highest BCUT2D eigenvalue weighted by atomic mass is 16.5. The van der Waals surface area contributed by atoms with Crippen molar-refractivity contribution >= 4 is 5.97 Å². The van der Waals surface area contributed by atoms with E-state index in [0.717, 1.165) is 22.4 Å². The lowest BCUT2D eigenvalue weighted by molar-refractivity contribution is 0.0599. The number of methoxy groups -OCH3 is 1. The summed E-state index contributed by atoms with van der Waals surface area (Å²) in [4.78, 5) is 15.9. The highest BCUT2D eigenvalue weighted by Gasteiger charge is 2.13. The van der Waals surface area contributed by atoms with Gasteiger partial charge in [0.15, 0.2) is 0 Å². The Kier molecular flexibility index (Phi) is 4.26. The zero-order valence-corrected chi connectivity index (χ0v) is 13.0. The fraction of sp³-hybridized carbons (Fsp3) is 0.294. The molecule has 0 atom stereocenters. The quantitative estimate of drug-likeness (QED) is 0.803. The van der Waals surface area contributed by atoms with Gasteiger partial charge in [-0.15, -0.1) is 0 Å². The minimum atomic E-state index is -0.392. The van der Waals surface area contributed by atoms with Gasteiger partial charge in [0.1, 0.15) is 5.75 Å². The van der Waals surface area contributed by atoms with Crippen LogP contribution in [0.4, 0.5) is 0 Å². The van der Waals surface area contributed by atoms with Crippen molar-refractivity contribution in [2.24, 2.45) is 0 Å². The van der Waals surface area contributed by atoms with Gasteiger partial charge >= 0.3 is 5.97 Å². The first-order chi connectivity index (χ1) is 9.92. The van der Waals surface area contributed by atoms with Crippen molar-refractivity contribution in [3.63, 3.8) is 0 Å². The number of rotatable bonds is 3. The summed E-state index contributed by atoms with van der Waals surface area (Å²) in [7, 11) is 1.36. The lowest BCUT2D eigenvalue weighted by atomic mass is 10.1. The molecule has 2 rings (SSSR count). The Bertz CT molecular complexity index is 669. The summed E-state index contributed by atoms with van der Waals surface area (Å²) in [6, 6.07) is 5.72. The van der Waals surface area contributed by atoms with E-state index in [-0.39, 0.29) is 0 Å². The van der Waals surface area contributed by atoms with Gasteiger partial charge in [0.05, 0.1) is 12.7 Å². The molecule has 4 nitrogen and oxygen atoms in total. The molecule has 0 spiro atoms. The molecular weight excluding hydrogens is 266 g/mol. The Morgan fingerprint density at radius 2 is 1.62 bits per heavy atom. The van der Waals surface area contributed by atoms with Crippen LogP contribution in [0.2, 0.25) is 0 Å². The summed E-state index contributed by atoms with van der Waals surface area (Å²) >= 11 is 0. The molecule has 2 aromatic rings. The number of aromatic nitrogens is 1. The molecule has 0 unspecified atom stereocenters. The Labute approximate surface area is 124 Å². The third-order valence-electron chi connectivity index (χ3n) is 3.29. The minimum absolute atomic E-state index is 0.385. The summed E-state index contributed by atoms with van der Waals surface area (Å²) in [6.07, 6.45) is 1.61. The second kappa shape index (κ2) is 5.95. The lowest BCUT2D eigenvalue weighted by Crippen LogP contribution is -2.05. The zero-order chi connectivity index (χ0) is 15.6. The fourth-order valence-electron chi connectivity index (χ4n) is 2.32. The molecule has 0 amide bonds. The molecule has 21 heavy (non-hydrogen) atoms. The average Bonchev–Trinajstić information content (AvgIpc) is 2.43. The van der Waals surface area contributed by atoms with Crippen molar-refractivity contribution in [3.05, 3.63) is 52.2 Å². The van der Waals surface area contributed by atoms with Crippen LogP contribution in [-0.4, -0.2) is 18.1 Å². The first-order valence-corrected chi connectivity index (χ1v) is 6.73. The summed E-state index contributed by atoms with van der Waals surface area (Å²) in [5.74, 6) is 0.765. The predicted molar refractivity (Wildman–Crippen MR) is 81.0 cm³/mol. The maximum Gasteiger partial charge on any atom is 0.338 e. The van der Waals surface area contributed by atoms with Gasteiger partial charge in [-0.2, -0.15) is 0 Å². The number of pyridine rings is 1. The van der Waals surface area contributed by atoms with Crippen LogP contribution in [0.5, 0.6) is 11.6 Å². The van der Waals surface area contributed by atoms with Crippen LogP contribution in [0.15, 0.2) is 24.4 Å². The number of ether oxygens (including phenoxy) is 2. The number of nitrogens with zero attached hydrogens (tertiary/aromatic N) is 1. The van der Waals surface area contributed by atoms with Gasteiger partial charge in [-0.05, 0) is 44.4 Å². The Balaban J connectivity index is 2.39.